The Morgan fingerprint density at radius 3 is 2.90 bits per heavy atom. The van der Waals surface area contributed by atoms with Gasteiger partial charge >= 0.3 is 0 Å². The molecule has 102 valence electrons. The van der Waals surface area contributed by atoms with Gasteiger partial charge in [0.2, 0.25) is 5.91 Å². The second-order valence-corrected chi connectivity index (χ2v) is 5.82. The van der Waals surface area contributed by atoms with Gasteiger partial charge in [-0.2, -0.15) is 0 Å². The number of para-hydroxylation sites is 1. The van der Waals surface area contributed by atoms with Crippen LogP contribution in [0.5, 0.6) is 5.75 Å². The Labute approximate surface area is 126 Å². The van der Waals surface area contributed by atoms with Gasteiger partial charge in [0, 0.05) is 15.7 Å². The molecule has 1 aliphatic heterocycles. The summed E-state index contributed by atoms with van der Waals surface area (Å²) in [5, 5.41) is 2.96. The van der Waals surface area contributed by atoms with E-state index in [4.69, 9.17) is 4.74 Å². The Bertz CT molecular complexity index is 649. The summed E-state index contributed by atoms with van der Waals surface area (Å²) in [5.41, 5.74) is 2.85. The fourth-order valence-electron chi connectivity index (χ4n) is 2.42. The number of hydrogen-bond donors (Lipinski definition) is 1. The number of carbonyl (C=O) groups excluding carboxylic acids is 1. The highest BCUT2D eigenvalue weighted by molar-refractivity contribution is 9.10. The predicted octanol–water partition coefficient (Wildman–Crippen LogP) is 3.87. The van der Waals surface area contributed by atoms with Gasteiger partial charge < -0.3 is 10.1 Å². The van der Waals surface area contributed by atoms with Gasteiger partial charge in [0.1, 0.15) is 18.3 Å². The van der Waals surface area contributed by atoms with Gasteiger partial charge in [-0.05, 0) is 36.8 Å². The van der Waals surface area contributed by atoms with Gasteiger partial charge in [0.25, 0.3) is 0 Å². The van der Waals surface area contributed by atoms with Gasteiger partial charge in [-0.3, -0.25) is 4.79 Å². The third-order valence-electron chi connectivity index (χ3n) is 3.33. The van der Waals surface area contributed by atoms with Crippen LogP contribution in [0.4, 0.5) is 5.69 Å². The number of fused-ring (bicyclic) bond motifs is 1. The van der Waals surface area contributed by atoms with E-state index in [1.54, 1.807) is 0 Å². The Kier molecular flexibility index (Phi) is 3.49. The second-order valence-electron chi connectivity index (χ2n) is 4.91. The zero-order valence-electron chi connectivity index (χ0n) is 11.0. The summed E-state index contributed by atoms with van der Waals surface area (Å²) in [7, 11) is 0. The van der Waals surface area contributed by atoms with Crippen molar-refractivity contribution in [2.75, 3.05) is 11.9 Å². The number of benzene rings is 2. The summed E-state index contributed by atoms with van der Waals surface area (Å²) in [6.45, 7) is 2.40. The Hall–Kier alpha value is -1.81. The number of aryl methyl sites for hydroxylation is 1. The molecule has 2 aromatic carbocycles. The minimum absolute atomic E-state index is 0.0348. The van der Waals surface area contributed by atoms with Crippen LogP contribution in [0.2, 0.25) is 0 Å². The number of halogens is 1. The number of rotatable bonds is 2. The minimum atomic E-state index is -0.245. The van der Waals surface area contributed by atoms with E-state index in [9.17, 15) is 4.79 Å². The lowest BCUT2D eigenvalue weighted by atomic mass is 10.0. The SMILES string of the molecule is Cc1cc(Br)cc(NC(=O)C2COc3ccccc32)c1. The molecule has 0 fully saturated rings. The van der Waals surface area contributed by atoms with E-state index in [0.29, 0.717) is 6.61 Å². The molecule has 0 saturated heterocycles. The van der Waals surface area contributed by atoms with Crippen LogP contribution in [-0.4, -0.2) is 12.5 Å². The smallest absolute Gasteiger partial charge is 0.235 e. The maximum absolute atomic E-state index is 12.4. The molecule has 0 saturated carbocycles. The molecular weight excluding hydrogens is 318 g/mol. The summed E-state index contributed by atoms with van der Waals surface area (Å²) in [4.78, 5) is 12.4. The lowest BCUT2D eigenvalue weighted by Crippen LogP contribution is -2.22. The molecular formula is C16H14BrNO2. The molecule has 1 atom stereocenters. The van der Waals surface area contributed by atoms with Crippen molar-refractivity contribution in [1.29, 1.82) is 0 Å². The standard InChI is InChI=1S/C16H14BrNO2/c1-10-6-11(17)8-12(7-10)18-16(19)14-9-20-15-5-3-2-4-13(14)15/h2-8,14H,9H2,1H3,(H,18,19). The largest absolute Gasteiger partial charge is 0.492 e. The average Bonchev–Trinajstić information content (AvgIpc) is 2.81. The molecule has 0 spiro atoms. The quantitative estimate of drug-likeness (QED) is 0.907. The van der Waals surface area contributed by atoms with Gasteiger partial charge in [0.15, 0.2) is 0 Å². The third kappa shape index (κ3) is 2.56. The number of anilines is 1. The summed E-state index contributed by atoms with van der Waals surface area (Å²) < 4.78 is 6.50. The summed E-state index contributed by atoms with van der Waals surface area (Å²) in [5.74, 6) is 0.524. The molecule has 1 heterocycles. The van der Waals surface area contributed by atoms with Gasteiger partial charge in [-0.25, -0.2) is 0 Å². The normalized spacial score (nSPS) is 16.4. The van der Waals surface area contributed by atoms with Crippen LogP contribution in [-0.2, 0) is 4.79 Å². The third-order valence-corrected chi connectivity index (χ3v) is 3.78. The highest BCUT2D eigenvalue weighted by atomic mass is 79.9. The van der Waals surface area contributed by atoms with Crippen molar-refractivity contribution in [3.8, 4) is 5.75 Å². The Morgan fingerprint density at radius 2 is 2.10 bits per heavy atom. The lowest BCUT2D eigenvalue weighted by molar-refractivity contribution is -0.117. The maximum atomic E-state index is 12.4. The van der Waals surface area contributed by atoms with Crippen LogP contribution in [0.15, 0.2) is 46.9 Å². The Morgan fingerprint density at radius 1 is 1.30 bits per heavy atom. The highest BCUT2D eigenvalue weighted by Gasteiger charge is 2.29. The number of nitrogens with one attached hydrogen (secondary N) is 1. The predicted molar refractivity (Wildman–Crippen MR) is 82.2 cm³/mol. The summed E-state index contributed by atoms with van der Waals surface area (Å²) in [6.07, 6.45) is 0. The first-order valence-corrected chi connectivity index (χ1v) is 7.22. The molecule has 3 nitrogen and oxygen atoms in total. The zero-order chi connectivity index (χ0) is 14.1. The van der Waals surface area contributed by atoms with Crippen molar-refractivity contribution in [3.05, 3.63) is 58.1 Å². The van der Waals surface area contributed by atoms with Crippen molar-refractivity contribution in [1.82, 2.24) is 0 Å². The van der Waals surface area contributed by atoms with E-state index < -0.39 is 0 Å². The molecule has 1 unspecified atom stereocenters. The molecule has 4 heteroatoms. The molecule has 1 amide bonds. The minimum Gasteiger partial charge on any atom is -0.492 e. The number of amides is 1. The van der Waals surface area contributed by atoms with Crippen molar-refractivity contribution >= 4 is 27.5 Å². The topological polar surface area (TPSA) is 38.3 Å². The van der Waals surface area contributed by atoms with E-state index in [-0.39, 0.29) is 11.8 Å². The summed E-state index contributed by atoms with van der Waals surface area (Å²) in [6, 6.07) is 13.5. The molecule has 20 heavy (non-hydrogen) atoms. The van der Waals surface area contributed by atoms with Crippen molar-refractivity contribution in [2.45, 2.75) is 12.8 Å². The first-order chi connectivity index (χ1) is 9.63. The van der Waals surface area contributed by atoms with Crippen LogP contribution in [0, 0.1) is 6.92 Å². The van der Waals surface area contributed by atoms with E-state index in [0.717, 1.165) is 27.0 Å². The Balaban J connectivity index is 1.81. The van der Waals surface area contributed by atoms with Crippen molar-refractivity contribution in [3.63, 3.8) is 0 Å². The molecule has 0 bridgehead atoms. The van der Waals surface area contributed by atoms with Gasteiger partial charge in [0.05, 0.1) is 0 Å². The van der Waals surface area contributed by atoms with Crippen LogP contribution in [0.1, 0.15) is 17.0 Å². The fraction of sp³-hybridized carbons (Fsp3) is 0.188. The maximum Gasteiger partial charge on any atom is 0.235 e. The zero-order valence-corrected chi connectivity index (χ0v) is 12.6. The fourth-order valence-corrected chi connectivity index (χ4v) is 3.03. The first-order valence-electron chi connectivity index (χ1n) is 6.43. The van der Waals surface area contributed by atoms with Crippen LogP contribution in [0.25, 0.3) is 0 Å². The molecule has 0 radical (unpaired) electrons. The van der Waals surface area contributed by atoms with Crippen molar-refractivity contribution in [2.24, 2.45) is 0 Å². The van der Waals surface area contributed by atoms with Crippen LogP contribution >= 0.6 is 15.9 Å². The molecule has 0 aromatic heterocycles. The molecule has 1 N–H and O–H groups in total. The lowest BCUT2D eigenvalue weighted by Gasteiger charge is -2.11. The van der Waals surface area contributed by atoms with Gasteiger partial charge in [-0.1, -0.05) is 34.1 Å². The number of hydrogen-bond acceptors (Lipinski definition) is 2. The molecule has 1 aliphatic rings. The number of ether oxygens (including phenoxy) is 1. The van der Waals surface area contributed by atoms with E-state index in [1.165, 1.54) is 0 Å². The molecule has 3 rings (SSSR count). The highest BCUT2D eigenvalue weighted by Crippen LogP contribution is 2.34. The molecule has 0 aliphatic carbocycles. The first kappa shape index (κ1) is 13.2. The monoisotopic (exact) mass is 331 g/mol. The van der Waals surface area contributed by atoms with Crippen LogP contribution < -0.4 is 10.1 Å². The van der Waals surface area contributed by atoms with E-state index >= 15 is 0 Å². The van der Waals surface area contributed by atoms with Crippen molar-refractivity contribution < 1.29 is 9.53 Å². The average molecular weight is 332 g/mol. The second kappa shape index (κ2) is 5.29. The van der Waals surface area contributed by atoms with E-state index in [2.05, 4.69) is 21.2 Å². The summed E-state index contributed by atoms with van der Waals surface area (Å²) >= 11 is 3.44. The van der Waals surface area contributed by atoms with E-state index in [1.807, 2.05) is 49.4 Å². The van der Waals surface area contributed by atoms with Crippen LogP contribution in [0.3, 0.4) is 0 Å². The van der Waals surface area contributed by atoms with Gasteiger partial charge in [-0.15, -0.1) is 0 Å². The number of carbonyl (C=O) groups is 1. The molecule has 2 aromatic rings.